The van der Waals surface area contributed by atoms with Crippen LogP contribution in [0.4, 0.5) is 0 Å². The SMILES string of the molecule is CCCCC(C(=O)OCC)c1nc2ccccc2[nH]1. The first-order valence-corrected chi connectivity index (χ1v) is 6.87. The van der Waals surface area contributed by atoms with Crippen molar-refractivity contribution in [2.24, 2.45) is 0 Å². The van der Waals surface area contributed by atoms with Crippen molar-refractivity contribution in [1.82, 2.24) is 9.97 Å². The maximum absolute atomic E-state index is 12.0. The Kier molecular flexibility index (Phi) is 4.55. The predicted molar refractivity (Wildman–Crippen MR) is 75.0 cm³/mol. The van der Waals surface area contributed by atoms with Gasteiger partial charge in [0.15, 0.2) is 0 Å². The number of nitrogens with one attached hydrogen (secondary N) is 1. The molecule has 0 aliphatic heterocycles. The van der Waals surface area contributed by atoms with E-state index >= 15 is 0 Å². The molecule has 0 amide bonds. The summed E-state index contributed by atoms with van der Waals surface area (Å²) in [6.45, 7) is 4.34. The molecule has 4 heteroatoms. The minimum Gasteiger partial charge on any atom is -0.465 e. The average Bonchev–Trinajstić information content (AvgIpc) is 2.83. The number of rotatable bonds is 6. The van der Waals surface area contributed by atoms with E-state index in [0.29, 0.717) is 12.4 Å². The molecule has 1 heterocycles. The molecule has 0 bridgehead atoms. The van der Waals surface area contributed by atoms with Gasteiger partial charge in [0.2, 0.25) is 0 Å². The van der Waals surface area contributed by atoms with Crippen molar-refractivity contribution in [2.45, 2.75) is 39.0 Å². The quantitative estimate of drug-likeness (QED) is 0.810. The van der Waals surface area contributed by atoms with E-state index in [1.807, 2.05) is 31.2 Å². The van der Waals surface area contributed by atoms with Gasteiger partial charge in [-0.15, -0.1) is 0 Å². The standard InChI is InChI=1S/C15H20N2O2/c1-3-5-8-11(15(18)19-4-2)14-16-12-9-6-7-10-13(12)17-14/h6-7,9-11H,3-5,8H2,1-2H3,(H,16,17). The maximum Gasteiger partial charge on any atom is 0.316 e. The maximum atomic E-state index is 12.0. The summed E-state index contributed by atoms with van der Waals surface area (Å²) in [5.41, 5.74) is 1.85. The summed E-state index contributed by atoms with van der Waals surface area (Å²) in [5, 5.41) is 0. The molecule has 1 aromatic carbocycles. The number of carbonyl (C=O) groups is 1. The topological polar surface area (TPSA) is 55.0 Å². The van der Waals surface area contributed by atoms with Gasteiger partial charge in [0.1, 0.15) is 11.7 Å². The number of benzene rings is 1. The molecule has 0 fully saturated rings. The molecule has 2 aromatic rings. The number of carbonyl (C=O) groups excluding carboxylic acids is 1. The van der Waals surface area contributed by atoms with Crippen LogP contribution in [0.2, 0.25) is 0 Å². The van der Waals surface area contributed by atoms with Crippen LogP contribution in [0.15, 0.2) is 24.3 Å². The third-order valence-corrected chi connectivity index (χ3v) is 3.16. The van der Waals surface area contributed by atoms with Crippen molar-refractivity contribution >= 4 is 17.0 Å². The van der Waals surface area contributed by atoms with Crippen LogP contribution in [0.25, 0.3) is 11.0 Å². The molecule has 2 rings (SSSR count). The van der Waals surface area contributed by atoms with Crippen LogP contribution >= 0.6 is 0 Å². The molecular weight excluding hydrogens is 240 g/mol. The first-order chi connectivity index (χ1) is 9.26. The number of fused-ring (bicyclic) bond motifs is 1. The number of esters is 1. The van der Waals surface area contributed by atoms with E-state index in [1.54, 1.807) is 0 Å². The lowest BCUT2D eigenvalue weighted by molar-refractivity contribution is -0.145. The second kappa shape index (κ2) is 6.36. The highest BCUT2D eigenvalue weighted by Crippen LogP contribution is 2.23. The number of para-hydroxylation sites is 2. The number of unbranched alkanes of at least 4 members (excludes halogenated alkanes) is 1. The summed E-state index contributed by atoms with van der Waals surface area (Å²) in [4.78, 5) is 19.8. The molecule has 1 N–H and O–H groups in total. The molecule has 102 valence electrons. The van der Waals surface area contributed by atoms with Crippen LogP contribution in [-0.4, -0.2) is 22.5 Å². The van der Waals surface area contributed by atoms with Crippen molar-refractivity contribution in [1.29, 1.82) is 0 Å². The molecule has 0 saturated heterocycles. The van der Waals surface area contributed by atoms with Crippen LogP contribution < -0.4 is 0 Å². The number of H-pyrrole nitrogens is 1. The molecule has 0 radical (unpaired) electrons. The Morgan fingerprint density at radius 1 is 1.37 bits per heavy atom. The third-order valence-electron chi connectivity index (χ3n) is 3.16. The first kappa shape index (κ1) is 13.6. The normalized spacial score (nSPS) is 12.5. The Hall–Kier alpha value is -1.84. The van der Waals surface area contributed by atoms with Crippen LogP contribution in [0, 0.1) is 0 Å². The van der Waals surface area contributed by atoms with Crippen LogP contribution in [0.3, 0.4) is 0 Å². The zero-order valence-corrected chi connectivity index (χ0v) is 11.5. The number of aromatic nitrogens is 2. The van der Waals surface area contributed by atoms with Gasteiger partial charge < -0.3 is 9.72 Å². The second-order valence-electron chi connectivity index (χ2n) is 4.59. The number of hydrogen-bond acceptors (Lipinski definition) is 3. The summed E-state index contributed by atoms with van der Waals surface area (Å²) in [7, 11) is 0. The van der Waals surface area contributed by atoms with E-state index in [1.165, 1.54) is 0 Å². The van der Waals surface area contributed by atoms with Crippen molar-refractivity contribution in [3.05, 3.63) is 30.1 Å². The number of ether oxygens (including phenoxy) is 1. The zero-order chi connectivity index (χ0) is 13.7. The van der Waals surface area contributed by atoms with Crippen LogP contribution in [0.5, 0.6) is 0 Å². The zero-order valence-electron chi connectivity index (χ0n) is 11.5. The monoisotopic (exact) mass is 260 g/mol. The minimum absolute atomic E-state index is 0.185. The Bertz CT molecular complexity index is 515. The van der Waals surface area contributed by atoms with Gasteiger partial charge in [0.05, 0.1) is 17.6 Å². The lowest BCUT2D eigenvalue weighted by atomic mass is 10.0. The van der Waals surface area contributed by atoms with E-state index in [2.05, 4.69) is 16.9 Å². The summed E-state index contributed by atoms with van der Waals surface area (Å²) < 4.78 is 5.15. The van der Waals surface area contributed by atoms with Gasteiger partial charge in [-0.25, -0.2) is 4.98 Å². The number of hydrogen-bond donors (Lipinski definition) is 1. The molecule has 0 saturated carbocycles. The Morgan fingerprint density at radius 2 is 2.16 bits per heavy atom. The van der Waals surface area contributed by atoms with Gasteiger partial charge in [0, 0.05) is 0 Å². The molecule has 1 unspecified atom stereocenters. The molecule has 0 aliphatic carbocycles. The highest BCUT2D eigenvalue weighted by Gasteiger charge is 2.24. The number of nitrogens with zero attached hydrogens (tertiary/aromatic N) is 1. The second-order valence-corrected chi connectivity index (χ2v) is 4.59. The molecule has 19 heavy (non-hydrogen) atoms. The third kappa shape index (κ3) is 3.13. The summed E-state index contributed by atoms with van der Waals surface area (Å²) >= 11 is 0. The van der Waals surface area contributed by atoms with E-state index in [4.69, 9.17) is 4.74 Å². The largest absolute Gasteiger partial charge is 0.465 e. The Balaban J connectivity index is 2.27. The van der Waals surface area contributed by atoms with Gasteiger partial charge in [-0.1, -0.05) is 31.9 Å². The summed E-state index contributed by atoms with van der Waals surface area (Å²) in [5.74, 6) is 0.246. The van der Waals surface area contributed by atoms with Crippen molar-refractivity contribution in [3.63, 3.8) is 0 Å². The number of aromatic amines is 1. The lowest BCUT2D eigenvalue weighted by Gasteiger charge is -2.12. The first-order valence-electron chi connectivity index (χ1n) is 6.87. The molecule has 0 aliphatic rings. The van der Waals surface area contributed by atoms with Crippen LogP contribution in [0.1, 0.15) is 44.9 Å². The molecular formula is C15H20N2O2. The van der Waals surface area contributed by atoms with Crippen LogP contribution in [-0.2, 0) is 9.53 Å². The van der Waals surface area contributed by atoms with Gasteiger partial charge in [-0.3, -0.25) is 4.79 Å². The minimum atomic E-state index is -0.285. The fourth-order valence-electron chi connectivity index (χ4n) is 2.15. The summed E-state index contributed by atoms with van der Waals surface area (Å²) in [6, 6.07) is 7.80. The average molecular weight is 260 g/mol. The van der Waals surface area contributed by atoms with E-state index in [9.17, 15) is 4.79 Å². The number of imidazole rings is 1. The van der Waals surface area contributed by atoms with Gasteiger partial charge in [-0.2, -0.15) is 0 Å². The highest BCUT2D eigenvalue weighted by atomic mass is 16.5. The predicted octanol–water partition coefficient (Wildman–Crippen LogP) is 3.40. The smallest absolute Gasteiger partial charge is 0.316 e. The lowest BCUT2D eigenvalue weighted by Crippen LogP contribution is -2.17. The fraction of sp³-hybridized carbons (Fsp3) is 0.467. The van der Waals surface area contributed by atoms with Crippen molar-refractivity contribution in [2.75, 3.05) is 6.61 Å². The Labute approximate surface area is 113 Å². The molecule has 1 aromatic heterocycles. The highest BCUT2D eigenvalue weighted by molar-refractivity contribution is 5.80. The molecule has 4 nitrogen and oxygen atoms in total. The molecule has 1 atom stereocenters. The Morgan fingerprint density at radius 3 is 2.84 bits per heavy atom. The van der Waals surface area contributed by atoms with E-state index in [-0.39, 0.29) is 11.9 Å². The van der Waals surface area contributed by atoms with Crippen molar-refractivity contribution in [3.8, 4) is 0 Å². The van der Waals surface area contributed by atoms with Gasteiger partial charge in [0.25, 0.3) is 0 Å². The van der Waals surface area contributed by atoms with E-state index < -0.39 is 0 Å². The molecule has 0 spiro atoms. The van der Waals surface area contributed by atoms with Crippen molar-refractivity contribution < 1.29 is 9.53 Å². The fourth-order valence-corrected chi connectivity index (χ4v) is 2.15. The van der Waals surface area contributed by atoms with Gasteiger partial charge in [-0.05, 0) is 25.5 Å². The van der Waals surface area contributed by atoms with Gasteiger partial charge >= 0.3 is 5.97 Å². The summed E-state index contributed by atoms with van der Waals surface area (Å²) in [6.07, 6.45) is 2.81. The van der Waals surface area contributed by atoms with E-state index in [0.717, 1.165) is 30.3 Å².